The maximum atomic E-state index is 11.6. The first-order valence-electron chi connectivity index (χ1n) is 5.28. The number of hydrogen-bond donors (Lipinski definition) is 3. The fourth-order valence-electron chi connectivity index (χ4n) is 1.92. The topological polar surface area (TPSA) is 107 Å². The molecule has 0 radical (unpaired) electrons. The smallest absolute Gasteiger partial charge is 0.252 e. The van der Waals surface area contributed by atoms with Crippen LogP contribution in [0.2, 0.25) is 10.0 Å². The Morgan fingerprint density at radius 3 is 2.61 bits per heavy atom. The van der Waals surface area contributed by atoms with E-state index in [1.54, 1.807) is 12.1 Å². The molecule has 6 N–H and O–H groups in total. The van der Waals surface area contributed by atoms with Crippen LogP contribution in [0, 0.1) is 5.92 Å². The highest BCUT2D eigenvalue weighted by Crippen LogP contribution is 2.51. The van der Waals surface area contributed by atoms with Gasteiger partial charge in [-0.15, -0.1) is 0 Å². The quantitative estimate of drug-likeness (QED) is 0.435. The number of halogens is 2. The molecule has 1 fully saturated rings. The summed E-state index contributed by atoms with van der Waals surface area (Å²) in [7, 11) is 0. The SMILES string of the molecule is NC(N)=NC(=O)C1CC1c1cc(Cl)cc(N)c1Cl. The highest BCUT2D eigenvalue weighted by Gasteiger charge is 2.45. The minimum atomic E-state index is -0.338. The molecular formula is C11H12Cl2N4O. The average molecular weight is 287 g/mol. The van der Waals surface area contributed by atoms with Gasteiger partial charge in [-0.3, -0.25) is 4.79 Å². The highest BCUT2D eigenvalue weighted by molar-refractivity contribution is 6.36. The number of nitrogens with two attached hydrogens (primary N) is 3. The van der Waals surface area contributed by atoms with E-state index in [9.17, 15) is 4.79 Å². The molecule has 1 saturated carbocycles. The summed E-state index contributed by atoms with van der Waals surface area (Å²) in [4.78, 5) is 15.1. The number of amides is 1. The van der Waals surface area contributed by atoms with Crippen molar-refractivity contribution >= 4 is 40.8 Å². The normalized spacial score (nSPS) is 21.4. The Morgan fingerprint density at radius 2 is 2.00 bits per heavy atom. The molecule has 2 rings (SSSR count). The van der Waals surface area contributed by atoms with Crippen molar-refractivity contribution in [2.45, 2.75) is 12.3 Å². The van der Waals surface area contributed by atoms with Gasteiger partial charge in [0.05, 0.1) is 10.7 Å². The summed E-state index contributed by atoms with van der Waals surface area (Å²) in [5, 5.41) is 0.927. The molecule has 0 heterocycles. The van der Waals surface area contributed by atoms with E-state index in [0.29, 0.717) is 22.2 Å². The Kier molecular flexibility index (Phi) is 3.36. The van der Waals surface area contributed by atoms with Gasteiger partial charge < -0.3 is 17.2 Å². The number of carbonyl (C=O) groups is 1. The lowest BCUT2D eigenvalue weighted by Gasteiger charge is -2.06. The zero-order chi connectivity index (χ0) is 13.4. The Bertz CT molecular complexity index is 540. The summed E-state index contributed by atoms with van der Waals surface area (Å²) in [5.74, 6) is -0.839. The zero-order valence-corrected chi connectivity index (χ0v) is 10.9. The van der Waals surface area contributed by atoms with Crippen molar-refractivity contribution in [3.05, 3.63) is 27.7 Å². The van der Waals surface area contributed by atoms with Crippen LogP contribution in [0.3, 0.4) is 0 Å². The van der Waals surface area contributed by atoms with Gasteiger partial charge >= 0.3 is 0 Å². The predicted molar refractivity (Wildman–Crippen MR) is 72.5 cm³/mol. The zero-order valence-electron chi connectivity index (χ0n) is 9.36. The molecule has 96 valence electrons. The van der Waals surface area contributed by atoms with Gasteiger partial charge in [-0.05, 0) is 30.0 Å². The summed E-state index contributed by atoms with van der Waals surface area (Å²) in [5.41, 5.74) is 17.2. The van der Waals surface area contributed by atoms with Crippen molar-refractivity contribution in [1.29, 1.82) is 0 Å². The van der Waals surface area contributed by atoms with E-state index in [4.69, 9.17) is 40.4 Å². The fraction of sp³-hybridized carbons (Fsp3) is 0.273. The van der Waals surface area contributed by atoms with Gasteiger partial charge in [0.25, 0.3) is 5.91 Å². The number of anilines is 1. The number of hydrogen-bond acceptors (Lipinski definition) is 2. The number of aliphatic imine (C=N–C) groups is 1. The second-order valence-corrected chi connectivity index (χ2v) is 5.04. The molecule has 0 spiro atoms. The van der Waals surface area contributed by atoms with Gasteiger partial charge in [0.1, 0.15) is 0 Å². The molecule has 2 atom stereocenters. The molecule has 2 unspecified atom stereocenters. The maximum absolute atomic E-state index is 11.6. The monoisotopic (exact) mass is 286 g/mol. The van der Waals surface area contributed by atoms with Gasteiger partial charge in [-0.25, -0.2) is 0 Å². The van der Waals surface area contributed by atoms with Crippen molar-refractivity contribution in [2.24, 2.45) is 22.4 Å². The third kappa shape index (κ3) is 2.52. The third-order valence-electron chi connectivity index (χ3n) is 2.84. The van der Waals surface area contributed by atoms with Gasteiger partial charge in [-0.1, -0.05) is 23.2 Å². The molecule has 1 aliphatic rings. The molecule has 0 saturated heterocycles. The lowest BCUT2D eigenvalue weighted by molar-refractivity contribution is -0.119. The largest absolute Gasteiger partial charge is 0.397 e. The molecule has 0 bridgehead atoms. The average Bonchev–Trinajstić information content (AvgIpc) is 3.02. The van der Waals surface area contributed by atoms with Crippen LogP contribution in [0.5, 0.6) is 0 Å². The van der Waals surface area contributed by atoms with Crippen molar-refractivity contribution < 1.29 is 4.79 Å². The van der Waals surface area contributed by atoms with E-state index in [1.165, 1.54) is 0 Å². The first-order chi connectivity index (χ1) is 8.40. The Hall–Kier alpha value is -1.46. The fourth-order valence-corrected chi connectivity index (χ4v) is 2.41. The third-order valence-corrected chi connectivity index (χ3v) is 3.49. The van der Waals surface area contributed by atoms with Crippen molar-refractivity contribution in [2.75, 3.05) is 5.73 Å². The van der Waals surface area contributed by atoms with E-state index in [0.717, 1.165) is 5.56 Å². The van der Waals surface area contributed by atoms with Crippen LogP contribution in [0.25, 0.3) is 0 Å². The Balaban J connectivity index is 2.22. The molecule has 1 aromatic rings. The molecule has 1 aromatic carbocycles. The Morgan fingerprint density at radius 1 is 1.33 bits per heavy atom. The van der Waals surface area contributed by atoms with Crippen molar-refractivity contribution in [1.82, 2.24) is 0 Å². The summed E-state index contributed by atoms with van der Waals surface area (Å²) in [6.07, 6.45) is 0.648. The standard InChI is InChI=1S/C11H12Cl2N4O/c12-4-1-6(9(13)8(14)2-4)5-3-7(5)10(18)17-11(15)16/h1-2,5,7H,3,14H2,(H4,15,16,17,18). The summed E-state index contributed by atoms with van der Waals surface area (Å²) < 4.78 is 0. The van der Waals surface area contributed by atoms with Crippen LogP contribution in [0.1, 0.15) is 17.9 Å². The lowest BCUT2D eigenvalue weighted by Crippen LogP contribution is -2.24. The van der Waals surface area contributed by atoms with Crippen LogP contribution in [0.15, 0.2) is 17.1 Å². The molecule has 1 aliphatic carbocycles. The van der Waals surface area contributed by atoms with E-state index < -0.39 is 0 Å². The molecule has 0 aliphatic heterocycles. The summed E-state index contributed by atoms with van der Waals surface area (Å²) >= 11 is 12.0. The molecule has 1 amide bonds. The number of carbonyl (C=O) groups excluding carboxylic acids is 1. The minimum Gasteiger partial charge on any atom is -0.397 e. The van der Waals surface area contributed by atoms with Crippen LogP contribution >= 0.6 is 23.2 Å². The number of nitrogen functional groups attached to an aromatic ring is 1. The number of nitrogens with zero attached hydrogens (tertiary/aromatic N) is 1. The summed E-state index contributed by atoms with van der Waals surface area (Å²) in [6, 6.07) is 3.29. The van der Waals surface area contributed by atoms with Gasteiger partial charge in [0.15, 0.2) is 5.96 Å². The minimum absolute atomic E-state index is 0.0194. The van der Waals surface area contributed by atoms with E-state index >= 15 is 0 Å². The maximum Gasteiger partial charge on any atom is 0.252 e. The van der Waals surface area contributed by atoms with Crippen LogP contribution in [-0.2, 0) is 4.79 Å². The molecular weight excluding hydrogens is 275 g/mol. The van der Waals surface area contributed by atoms with Gasteiger partial charge in [-0.2, -0.15) is 4.99 Å². The van der Waals surface area contributed by atoms with Crippen LogP contribution in [0.4, 0.5) is 5.69 Å². The van der Waals surface area contributed by atoms with Crippen LogP contribution in [-0.4, -0.2) is 11.9 Å². The predicted octanol–water partition coefficient (Wildman–Crippen LogP) is 1.48. The van der Waals surface area contributed by atoms with Gasteiger partial charge in [0.2, 0.25) is 0 Å². The van der Waals surface area contributed by atoms with Gasteiger partial charge in [0, 0.05) is 10.9 Å². The first kappa shape index (κ1) is 13.0. The molecule has 0 aromatic heterocycles. The summed E-state index contributed by atoms with van der Waals surface area (Å²) in [6.45, 7) is 0. The number of guanidine groups is 1. The van der Waals surface area contributed by atoms with E-state index in [2.05, 4.69) is 4.99 Å². The number of benzene rings is 1. The first-order valence-corrected chi connectivity index (χ1v) is 6.03. The molecule has 5 nitrogen and oxygen atoms in total. The Labute approximate surface area is 114 Å². The van der Waals surface area contributed by atoms with Crippen molar-refractivity contribution in [3.8, 4) is 0 Å². The van der Waals surface area contributed by atoms with Crippen molar-refractivity contribution in [3.63, 3.8) is 0 Å². The second-order valence-electron chi connectivity index (χ2n) is 4.22. The lowest BCUT2D eigenvalue weighted by atomic mass is 10.1. The molecule has 18 heavy (non-hydrogen) atoms. The molecule has 7 heteroatoms. The second kappa shape index (κ2) is 4.66. The van der Waals surface area contributed by atoms with E-state index in [1.807, 2.05) is 0 Å². The van der Waals surface area contributed by atoms with E-state index in [-0.39, 0.29) is 23.7 Å². The van der Waals surface area contributed by atoms with Crippen LogP contribution < -0.4 is 17.2 Å². The highest BCUT2D eigenvalue weighted by atomic mass is 35.5. The number of rotatable bonds is 2.